The number of benzene rings is 1. The molecule has 0 bridgehead atoms. The van der Waals surface area contributed by atoms with Crippen molar-refractivity contribution in [1.82, 2.24) is 4.90 Å². The summed E-state index contributed by atoms with van der Waals surface area (Å²) in [4.78, 5) is 15.5. The Morgan fingerprint density at radius 2 is 2.10 bits per heavy atom. The van der Waals surface area contributed by atoms with Crippen molar-refractivity contribution in [2.45, 2.75) is 13.0 Å². The fraction of sp³-hybridized carbons (Fsp3) is 0.312. The summed E-state index contributed by atoms with van der Waals surface area (Å²) in [5.74, 6) is 0.0679. The van der Waals surface area contributed by atoms with E-state index in [1.54, 1.807) is 18.4 Å². The summed E-state index contributed by atoms with van der Waals surface area (Å²) in [6.45, 7) is 1.73. The number of hydrogen-bond acceptors (Lipinski definition) is 4. The average Bonchev–Trinajstić information content (AvgIpc) is 2.98. The normalized spacial score (nSPS) is 10.5. The number of carbonyl (C=O) groups excluding carboxylic acids is 1. The quantitative estimate of drug-likeness (QED) is 0.800. The highest BCUT2D eigenvalue weighted by Crippen LogP contribution is 2.15. The second-order valence-corrected chi connectivity index (χ2v) is 5.80. The van der Waals surface area contributed by atoms with E-state index in [2.05, 4.69) is 0 Å². The fourth-order valence-corrected chi connectivity index (χ4v) is 2.77. The van der Waals surface area contributed by atoms with Gasteiger partial charge in [-0.05, 0) is 23.1 Å². The molecule has 0 spiro atoms. The van der Waals surface area contributed by atoms with Crippen molar-refractivity contribution in [3.8, 4) is 0 Å². The van der Waals surface area contributed by atoms with Gasteiger partial charge < -0.3 is 15.4 Å². The maximum absolute atomic E-state index is 12.5. The van der Waals surface area contributed by atoms with Gasteiger partial charge in [0, 0.05) is 24.2 Å². The van der Waals surface area contributed by atoms with Crippen molar-refractivity contribution >= 4 is 22.9 Å². The Labute approximate surface area is 129 Å². The summed E-state index contributed by atoms with van der Waals surface area (Å²) in [7, 11) is 1.64. The Hall–Kier alpha value is -1.85. The van der Waals surface area contributed by atoms with Gasteiger partial charge in [-0.15, -0.1) is 11.3 Å². The average molecular weight is 304 g/mol. The molecule has 0 aliphatic heterocycles. The van der Waals surface area contributed by atoms with Gasteiger partial charge in [-0.25, -0.2) is 0 Å². The van der Waals surface area contributed by atoms with Crippen molar-refractivity contribution in [2.75, 3.05) is 26.0 Å². The van der Waals surface area contributed by atoms with Crippen molar-refractivity contribution < 1.29 is 9.53 Å². The lowest BCUT2D eigenvalue weighted by Gasteiger charge is -2.22. The maximum Gasteiger partial charge on any atom is 0.227 e. The van der Waals surface area contributed by atoms with E-state index in [0.717, 1.165) is 5.56 Å². The Kier molecular flexibility index (Phi) is 5.78. The molecule has 0 radical (unpaired) electrons. The van der Waals surface area contributed by atoms with Gasteiger partial charge in [0.1, 0.15) is 0 Å². The third kappa shape index (κ3) is 4.58. The molecule has 112 valence electrons. The largest absolute Gasteiger partial charge is 0.398 e. The zero-order valence-corrected chi connectivity index (χ0v) is 12.9. The third-order valence-corrected chi connectivity index (χ3v) is 4.10. The second kappa shape index (κ2) is 7.81. The summed E-state index contributed by atoms with van der Waals surface area (Å²) in [5, 5.41) is 2.02. The van der Waals surface area contributed by atoms with Gasteiger partial charge in [-0.1, -0.05) is 24.3 Å². The van der Waals surface area contributed by atoms with E-state index in [-0.39, 0.29) is 5.91 Å². The molecule has 1 heterocycles. The predicted octanol–water partition coefficient (Wildman–Crippen LogP) is 2.55. The van der Waals surface area contributed by atoms with Crippen LogP contribution in [0.1, 0.15) is 10.4 Å². The minimum absolute atomic E-state index is 0.0679. The number of para-hydroxylation sites is 1. The molecular weight excluding hydrogens is 284 g/mol. The number of ether oxygens (including phenoxy) is 1. The SMILES string of the molecule is COCCN(Cc1cccs1)C(=O)Cc1ccccc1N. The lowest BCUT2D eigenvalue weighted by molar-refractivity contribution is -0.131. The number of nitrogen functional groups attached to an aromatic ring is 1. The van der Waals surface area contributed by atoms with E-state index in [1.165, 1.54) is 4.88 Å². The molecule has 0 unspecified atom stereocenters. The first-order chi connectivity index (χ1) is 10.2. The van der Waals surface area contributed by atoms with Gasteiger partial charge >= 0.3 is 0 Å². The fourth-order valence-electron chi connectivity index (χ4n) is 2.05. The number of thiophene rings is 1. The molecule has 0 aliphatic rings. The van der Waals surface area contributed by atoms with Crippen LogP contribution in [-0.2, 0) is 22.5 Å². The van der Waals surface area contributed by atoms with Gasteiger partial charge in [0.2, 0.25) is 5.91 Å². The number of methoxy groups -OCH3 is 1. The molecule has 0 atom stereocenters. The highest BCUT2D eigenvalue weighted by Gasteiger charge is 2.15. The Morgan fingerprint density at radius 1 is 1.29 bits per heavy atom. The number of nitrogens with two attached hydrogens (primary N) is 1. The Bertz CT molecular complexity index is 569. The molecule has 2 rings (SSSR count). The van der Waals surface area contributed by atoms with Crippen molar-refractivity contribution in [1.29, 1.82) is 0 Å². The Morgan fingerprint density at radius 3 is 2.76 bits per heavy atom. The van der Waals surface area contributed by atoms with E-state index in [1.807, 2.05) is 46.7 Å². The summed E-state index contributed by atoms with van der Waals surface area (Å²) in [6.07, 6.45) is 0.321. The monoisotopic (exact) mass is 304 g/mol. The van der Waals surface area contributed by atoms with E-state index in [9.17, 15) is 4.79 Å². The molecule has 2 N–H and O–H groups in total. The smallest absolute Gasteiger partial charge is 0.227 e. The van der Waals surface area contributed by atoms with Crippen LogP contribution in [0.3, 0.4) is 0 Å². The molecule has 1 aromatic heterocycles. The molecular formula is C16H20N2O2S. The number of anilines is 1. The third-order valence-electron chi connectivity index (χ3n) is 3.24. The van der Waals surface area contributed by atoms with Gasteiger partial charge in [-0.2, -0.15) is 0 Å². The number of nitrogens with zero attached hydrogens (tertiary/aromatic N) is 1. The van der Waals surface area contributed by atoms with Gasteiger partial charge in [0.15, 0.2) is 0 Å². The van der Waals surface area contributed by atoms with Crippen LogP contribution in [0.4, 0.5) is 5.69 Å². The summed E-state index contributed by atoms with van der Waals surface area (Å²) in [5.41, 5.74) is 7.44. The maximum atomic E-state index is 12.5. The molecule has 1 amide bonds. The van der Waals surface area contributed by atoms with Crippen LogP contribution < -0.4 is 5.73 Å². The molecule has 21 heavy (non-hydrogen) atoms. The Balaban J connectivity index is 2.05. The lowest BCUT2D eigenvalue weighted by atomic mass is 10.1. The van der Waals surface area contributed by atoms with E-state index in [4.69, 9.17) is 10.5 Å². The van der Waals surface area contributed by atoms with Crippen molar-refractivity contribution in [2.24, 2.45) is 0 Å². The molecule has 0 aliphatic carbocycles. The summed E-state index contributed by atoms with van der Waals surface area (Å²) in [6, 6.07) is 11.5. The first kappa shape index (κ1) is 15.5. The molecule has 1 aromatic carbocycles. The molecule has 5 heteroatoms. The minimum Gasteiger partial charge on any atom is -0.398 e. The van der Waals surface area contributed by atoms with Gasteiger partial charge in [-0.3, -0.25) is 4.79 Å². The number of amides is 1. The zero-order valence-electron chi connectivity index (χ0n) is 12.1. The van der Waals surface area contributed by atoms with Crippen LogP contribution >= 0.6 is 11.3 Å². The zero-order chi connectivity index (χ0) is 15.1. The topological polar surface area (TPSA) is 55.6 Å². The van der Waals surface area contributed by atoms with Crippen LogP contribution in [0, 0.1) is 0 Å². The molecule has 0 saturated carbocycles. The van der Waals surface area contributed by atoms with E-state index in [0.29, 0.717) is 31.8 Å². The molecule has 0 saturated heterocycles. The standard InChI is InChI=1S/C16H20N2O2S/c1-20-9-8-18(12-14-6-4-10-21-14)16(19)11-13-5-2-3-7-15(13)17/h2-7,10H,8-9,11-12,17H2,1H3. The van der Waals surface area contributed by atoms with Gasteiger partial charge in [0.05, 0.1) is 19.6 Å². The molecule has 0 fully saturated rings. The first-order valence-corrected chi connectivity index (χ1v) is 7.71. The highest BCUT2D eigenvalue weighted by atomic mass is 32.1. The van der Waals surface area contributed by atoms with E-state index >= 15 is 0 Å². The van der Waals surface area contributed by atoms with Crippen molar-refractivity contribution in [3.63, 3.8) is 0 Å². The summed E-state index contributed by atoms with van der Waals surface area (Å²) >= 11 is 1.65. The molecule has 2 aromatic rings. The van der Waals surface area contributed by atoms with Crippen LogP contribution in [0.25, 0.3) is 0 Å². The van der Waals surface area contributed by atoms with Gasteiger partial charge in [0.25, 0.3) is 0 Å². The molecule has 4 nitrogen and oxygen atoms in total. The lowest BCUT2D eigenvalue weighted by Crippen LogP contribution is -2.34. The van der Waals surface area contributed by atoms with Crippen LogP contribution in [0.2, 0.25) is 0 Å². The van der Waals surface area contributed by atoms with Crippen LogP contribution in [0.5, 0.6) is 0 Å². The van der Waals surface area contributed by atoms with Crippen molar-refractivity contribution in [3.05, 3.63) is 52.2 Å². The van der Waals surface area contributed by atoms with Crippen LogP contribution in [0.15, 0.2) is 41.8 Å². The highest BCUT2D eigenvalue weighted by molar-refractivity contribution is 7.09. The first-order valence-electron chi connectivity index (χ1n) is 6.83. The number of rotatable bonds is 7. The number of carbonyl (C=O) groups is 1. The second-order valence-electron chi connectivity index (χ2n) is 4.76. The predicted molar refractivity (Wildman–Crippen MR) is 86.2 cm³/mol. The van der Waals surface area contributed by atoms with E-state index < -0.39 is 0 Å². The van der Waals surface area contributed by atoms with Crippen LogP contribution in [-0.4, -0.2) is 31.1 Å². The summed E-state index contributed by atoms with van der Waals surface area (Å²) < 4.78 is 5.10. The minimum atomic E-state index is 0.0679. The number of hydrogen-bond donors (Lipinski definition) is 1.